The van der Waals surface area contributed by atoms with Gasteiger partial charge in [-0.25, -0.2) is 9.97 Å². The van der Waals surface area contributed by atoms with Gasteiger partial charge in [0.05, 0.1) is 22.8 Å². The third kappa shape index (κ3) is 6.36. The van der Waals surface area contributed by atoms with E-state index in [0.29, 0.717) is 40.6 Å². The molecule has 0 aromatic carbocycles. The summed E-state index contributed by atoms with van der Waals surface area (Å²) in [6, 6.07) is 7.62. The third-order valence-electron chi connectivity index (χ3n) is 8.06. The summed E-state index contributed by atoms with van der Waals surface area (Å²) in [7, 11) is 0. The molecular formula is C34H32ClFeN4O4-3. The topological polar surface area (TPSA) is 129 Å². The Balaban J connectivity index is 0.00000264. The third-order valence-corrected chi connectivity index (χ3v) is 8.06. The second-order valence-corrected chi connectivity index (χ2v) is 10.6. The van der Waals surface area contributed by atoms with E-state index in [-0.39, 0.29) is 42.3 Å². The number of aliphatic carboxylic acids is 2. The van der Waals surface area contributed by atoms with Crippen molar-refractivity contribution < 1.29 is 49.3 Å². The van der Waals surface area contributed by atoms with Crippen LogP contribution in [0.1, 0.15) is 71.7 Å². The van der Waals surface area contributed by atoms with Gasteiger partial charge < -0.3 is 32.6 Å². The zero-order valence-electron chi connectivity index (χ0n) is 24.9. The number of allylic oxidation sites excluding steroid dienone is 6. The van der Waals surface area contributed by atoms with Gasteiger partial charge in [0.25, 0.3) is 0 Å². The average molecular weight is 652 g/mol. The van der Waals surface area contributed by atoms with Crippen molar-refractivity contribution in [3.8, 4) is 0 Å². The van der Waals surface area contributed by atoms with Gasteiger partial charge in [0.1, 0.15) is 0 Å². The first-order valence-electron chi connectivity index (χ1n) is 13.8. The summed E-state index contributed by atoms with van der Waals surface area (Å²) in [5, 5.41) is 18.9. The zero-order chi connectivity index (χ0) is 30.3. The molecule has 3 aromatic heterocycles. The number of carboxylic acids is 2. The van der Waals surface area contributed by atoms with Crippen LogP contribution in [0.25, 0.3) is 44.4 Å². The van der Waals surface area contributed by atoms with Crippen LogP contribution in [0.4, 0.5) is 0 Å². The standard InChI is InChI=1S/C34H34N4O4.ClH.Fe/c1-7-21-17(3)25-13-26-19(5)23(9-11-33(39)40)31(37-26)16-32-24(10-12-34(41)42)20(6)28(38-32)15-30-22(8-2)18(4)27(36-30)14-29(21)35-25;;/h7-8,13-16H,1-2,9-12H2,3-6H3,(H4,35,36,37,38,39,40,41,42);1H;/p-3. The molecule has 0 fully saturated rings. The van der Waals surface area contributed by atoms with E-state index in [1.807, 2.05) is 52.0 Å². The molecule has 3 aromatic rings. The number of aryl methyl sites for hydroxylation is 4. The predicted octanol–water partition coefficient (Wildman–Crippen LogP) is 3.46. The first-order chi connectivity index (χ1) is 20.0. The minimum absolute atomic E-state index is 0. The molecule has 5 heterocycles. The molecule has 0 atom stereocenters. The van der Waals surface area contributed by atoms with Gasteiger partial charge in [0, 0.05) is 41.1 Å². The molecule has 0 radical (unpaired) electrons. The van der Waals surface area contributed by atoms with Gasteiger partial charge in [-0.2, -0.15) is 0 Å². The molecule has 8 nitrogen and oxygen atoms in total. The Labute approximate surface area is 272 Å². The van der Waals surface area contributed by atoms with Crippen molar-refractivity contribution in [1.82, 2.24) is 19.9 Å². The van der Waals surface area contributed by atoms with Crippen molar-refractivity contribution in [2.24, 2.45) is 0 Å². The molecule has 0 spiro atoms. The largest absolute Gasteiger partial charge is 1.00 e. The summed E-state index contributed by atoms with van der Waals surface area (Å²) in [6.07, 6.45) is 4.06. The number of carbonyl (C=O) groups is 2. The molecule has 230 valence electrons. The number of halogens is 1. The fourth-order valence-electron chi connectivity index (χ4n) is 5.61. The van der Waals surface area contributed by atoms with Crippen LogP contribution in [0.3, 0.4) is 0 Å². The van der Waals surface area contributed by atoms with Gasteiger partial charge in [-0.05, 0) is 57.7 Å². The minimum Gasteiger partial charge on any atom is -1.00 e. The molecule has 0 amide bonds. The number of hydrogen-bond donors (Lipinski definition) is 2. The van der Waals surface area contributed by atoms with Crippen LogP contribution in [0, 0.1) is 13.8 Å². The molecule has 44 heavy (non-hydrogen) atoms. The predicted molar refractivity (Wildman–Crippen MR) is 166 cm³/mol. The van der Waals surface area contributed by atoms with Gasteiger partial charge in [-0.1, -0.05) is 65.8 Å². The Bertz CT molecular complexity index is 1930. The van der Waals surface area contributed by atoms with Crippen LogP contribution >= 0.6 is 0 Å². The summed E-state index contributed by atoms with van der Waals surface area (Å²) in [6.45, 7) is 15.9. The number of rotatable bonds is 8. The van der Waals surface area contributed by atoms with E-state index in [9.17, 15) is 19.8 Å². The maximum Gasteiger partial charge on any atom is 0.303 e. The van der Waals surface area contributed by atoms with E-state index < -0.39 is 11.9 Å². The van der Waals surface area contributed by atoms with Gasteiger partial charge in [0.2, 0.25) is 0 Å². The molecule has 0 unspecified atom stereocenters. The summed E-state index contributed by atoms with van der Waals surface area (Å²) in [5.41, 5.74) is 12.6. The summed E-state index contributed by atoms with van der Waals surface area (Å²) >= 11 is 0. The van der Waals surface area contributed by atoms with Gasteiger partial charge >= 0.3 is 11.9 Å². The maximum atomic E-state index is 11.5. The van der Waals surface area contributed by atoms with E-state index in [1.54, 1.807) is 12.2 Å². The monoisotopic (exact) mass is 651 g/mol. The fraction of sp³-hybridized carbons (Fsp3) is 0.235. The van der Waals surface area contributed by atoms with Crippen LogP contribution in [0.2, 0.25) is 0 Å². The molecular weight excluding hydrogens is 620 g/mol. The Kier molecular flexibility index (Phi) is 10.6. The van der Waals surface area contributed by atoms with Crippen LogP contribution in [0.5, 0.6) is 0 Å². The molecule has 0 saturated carbocycles. The van der Waals surface area contributed by atoms with Crippen LogP contribution in [-0.4, -0.2) is 32.1 Å². The van der Waals surface area contributed by atoms with Crippen molar-refractivity contribution in [1.29, 1.82) is 0 Å². The SMILES string of the molecule is C=CC1=C(C)c2cc3[n-]c(cc4[n-]c(cc5nc(cc1n2)C(C)=C5C=C)c(C)c4CCC(=O)O)c(CCC(=O)O)c3C.[Cl-].[Fe]. The Morgan fingerprint density at radius 1 is 0.682 bits per heavy atom. The van der Waals surface area contributed by atoms with Crippen LogP contribution < -0.4 is 22.4 Å². The number of nitrogens with zero attached hydrogens (tertiary/aromatic N) is 4. The first kappa shape index (κ1) is 34.3. The normalized spacial score (nSPS) is 12.5. The van der Waals surface area contributed by atoms with Gasteiger partial charge in [-0.3, -0.25) is 9.59 Å². The Morgan fingerprint density at radius 3 is 1.48 bits per heavy atom. The van der Waals surface area contributed by atoms with Gasteiger partial charge in [-0.15, -0.1) is 22.1 Å². The van der Waals surface area contributed by atoms with Crippen molar-refractivity contribution in [3.63, 3.8) is 0 Å². The zero-order valence-corrected chi connectivity index (χ0v) is 26.8. The fourth-order valence-corrected chi connectivity index (χ4v) is 5.61. The van der Waals surface area contributed by atoms with E-state index >= 15 is 0 Å². The van der Waals surface area contributed by atoms with Crippen molar-refractivity contribution in [2.45, 2.75) is 53.4 Å². The Morgan fingerprint density at radius 2 is 1.07 bits per heavy atom. The Hall–Kier alpha value is -4.17. The van der Waals surface area contributed by atoms with Gasteiger partial charge in [0.15, 0.2) is 0 Å². The molecule has 10 heteroatoms. The molecule has 0 saturated heterocycles. The molecule has 2 aliphatic heterocycles. The van der Waals surface area contributed by atoms with Crippen LogP contribution in [-0.2, 0) is 39.5 Å². The van der Waals surface area contributed by atoms with E-state index in [1.165, 1.54) is 0 Å². The summed E-state index contributed by atoms with van der Waals surface area (Å²) in [4.78, 5) is 42.7. The van der Waals surface area contributed by atoms with Crippen molar-refractivity contribution >= 4 is 56.3 Å². The summed E-state index contributed by atoms with van der Waals surface area (Å²) < 4.78 is 0. The van der Waals surface area contributed by atoms with E-state index in [4.69, 9.17) is 19.9 Å². The van der Waals surface area contributed by atoms with E-state index in [2.05, 4.69) is 13.2 Å². The molecule has 8 bridgehead atoms. The number of fused-ring (bicyclic) bond motifs is 8. The maximum absolute atomic E-state index is 11.5. The first-order valence-corrected chi connectivity index (χ1v) is 13.8. The second kappa shape index (κ2) is 13.6. The summed E-state index contributed by atoms with van der Waals surface area (Å²) in [5.74, 6) is -1.80. The molecule has 0 aliphatic carbocycles. The minimum atomic E-state index is -0.898. The quantitative estimate of drug-likeness (QED) is 0.355. The molecule has 2 N–H and O–H groups in total. The van der Waals surface area contributed by atoms with Crippen molar-refractivity contribution in [2.75, 3.05) is 0 Å². The molecule has 2 aliphatic rings. The average Bonchev–Trinajstić information content (AvgIpc) is 3.59. The van der Waals surface area contributed by atoms with E-state index in [0.717, 1.165) is 61.6 Å². The number of aromatic nitrogens is 4. The number of hydrogen-bond acceptors (Lipinski definition) is 4. The second-order valence-electron chi connectivity index (χ2n) is 10.6. The van der Waals surface area contributed by atoms with Crippen molar-refractivity contribution in [3.05, 3.63) is 94.6 Å². The van der Waals surface area contributed by atoms with Crippen LogP contribution in [0.15, 0.2) is 49.6 Å². The number of carboxylic acid groups (broad SMARTS) is 2. The smallest absolute Gasteiger partial charge is 0.303 e. The molecule has 5 rings (SSSR count).